The zero-order valence-electron chi connectivity index (χ0n) is 12.1. The number of carbonyl (C=O) groups excluding carboxylic acids is 1. The summed E-state index contributed by atoms with van der Waals surface area (Å²) in [5, 5.41) is 11.9. The zero-order valence-corrected chi connectivity index (χ0v) is 12.9. The number of anilines is 1. The van der Waals surface area contributed by atoms with Crippen molar-refractivity contribution >= 4 is 23.5 Å². The number of ether oxygens (including phenoxy) is 2. The molecule has 0 spiro atoms. The van der Waals surface area contributed by atoms with Crippen molar-refractivity contribution in [3.63, 3.8) is 0 Å². The molecule has 0 bridgehead atoms. The first kappa shape index (κ1) is 16.2. The van der Waals surface area contributed by atoms with Gasteiger partial charge < -0.3 is 14.6 Å². The van der Waals surface area contributed by atoms with Crippen LogP contribution in [0.4, 0.5) is 10.5 Å². The van der Waals surface area contributed by atoms with Crippen LogP contribution < -0.4 is 5.32 Å². The van der Waals surface area contributed by atoms with Gasteiger partial charge in [0.15, 0.2) is 0 Å². The Bertz CT molecular complexity index is 599. The van der Waals surface area contributed by atoms with Gasteiger partial charge in [0.25, 0.3) is 0 Å². The van der Waals surface area contributed by atoms with Gasteiger partial charge in [-0.15, -0.1) is 0 Å². The van der Waals surface area contributed by atoms with Crippen molar-refractivity contribution in [2.24, 2.45) is 0 Å². The first-order valence-corrected chi connectivity index (χ1v) is 7.48. The second-order valence-corrected chi connectivity index (χ2v) is 5.52. The molecule has 0 aromatic heterocycles. The Morgan fingerprint density at radius 1 is 1.05 bits per heavy atom. The van der Waals surface area contributed by atoms with Gasteiger partial charge in [0, 0.05) is 22.6 Å². The second kappa shape index (κ2) is 8.31. The average Bonchev–Trinajstić information content (AvgIpc) is 2.52. The number of phenolic OH excluding ortho intramolecular Hbond substituents is 1. The van der Waals surface area contributed by atoms with E-state index in [0.29, 0.717) is 12.3 Å². The lowest BCUT2D eigenvalue weighted by Crippen LogP contribution is -2.16. The quantitative estimate of drug-likeness (QED) is 0.794. The van der Waals surface area contributed by atoms with Gasteiger partial charge >= 0.3 is 6.09 Å². The summed E-state index contributed by atoms with van der Waals surface area (Å²) in [5.74, 6) is 0.246. The molecule has 0 heterocycles. The lowest BCUT2D eigenvalue weighted by molar-refractivity contribution is 0.107. The summed E-state index contributed by atoms with van der Waals surface area (Å²) in [6.07, 6.45) is -0.504. The van der Waals surface area contributed by atoms with Crippen LogP contribution in [0.1, 0.15) is 0 Å². The minimum absolute atomic E-state index is 0.219. The number of aromatic hydroxyl groups is 1. The van der Waals surface area contributed by atoms with E-state index in [9.17, 15) is 9.90 Å². The lowest BCUT2D eigenvalue weighted by Gasteiger charge is -2.07. The van der Waals surface area contributed by atoms with E-state index < -0.39 is 6.09 Å². The number of benzene rings is 2. The highest BCUT2D eigenvalue weighted by molar-refractivity contribution is 7.99. The normalized spacial score (nSPS) is 10.2. The molecular weight excluding hydrogens is 302 g/mol. The van der Waals surface area contributed by atoms with Crippen molar-refractivity contribution in [2.45, 2.75) is 9.79 Å². The Balaban J connectivity index is 1.87. The van der Waals surface area contributed by atoms with Gasteiger partial charge in [0.2, 0.25) is 0 Å². The number of methoxy groups -OCH3 is 1. The van der Waals surface area contributed by atoms with E-state index >= 15 is 0 Å². The molecule has 2 aromatic carbocycles. The van der Waals surface area contributed by atoms with Gasteiger partial charge in [-0.3, -0.25) is 5.32 Å². The summed E-state index contributed by atoms with van der Waals surface area (Å²) in [6.45, 7) is 0.590. The van der Waals surface area contributed by atoms with E-state index in [1.54, 1.807) is 43.1 Å². The molecule has 1 amide bonds. The molecule has 22 heavy (non-hydrogen) atoms. The molecule has 2 rings (SSSR count). The smallest absolute Gasteiger partial charge is 0.411 e. The summed E-state index contributed by atoms with van der Waals surface area (Å²) in [7, 11) is 1.55. The van der Waals surface area contributed by atoms with E-state index in [4.69, 9.17) is 9.47 Å². The zero-order chi connectivity index (χ0) is 15.8. The molecule has 0 atom stereocenters. The fourth-order valence-electron chi connectivity index (χ4n) is 1.63. The molecule has 0 unspecified atom stereocenters. The monoisotopic (exact) mass is 319 g/mol. The summed E-state index contributed by atoms with van der Waals surface area (Å²) < 4.78 is 9.72. The molecule has 0 aliphatic rings. The largest absolute Gasteiger partial charge is 0.508 e. The molecule has 2 N–H and O–H groups in total. The van der Waals surface area contributed by atoms with Crippen LogP contribution in [0.3, 0.4) is 0 Å². The highest BCUT2D eigenvalue weighted by Crippen LogP contribution is 2.29. The molecule has 0 fully saturated rings. The number of carbonyl (C=O) groups is 1. The van der Waals surface area contributed by atoms with Crippen LogP contribution in [0.15, 0.2) is 58.3 Å². The van der Waals surface area contributed by atoms with E-state index in [2.05, 4.69) is 5.32 Å². The minimum atomic E-state index is -0.504. The number of nitrogens with one attached hydrogen (secondary N) is 1. The molecule has 0 saturated carbocycles. The standard InChI is InChI=1S/C16H17NO4S/c1-20-10-11-21-16(19)17-12-2-6-14(7-3-12)22-15-8-4-13(18)5-9-15/h2-9,18H,10-11H2,1H3,(H,17,19). The van der Waals surface area contributed by atoms with Crippen molar-refractivity contribution in [3.05, 3.63) is 48.5 Å². The summed E-state index contributed by atoms with van der Waals surface area (Å²) >= 11 is 1.57. The summed E-state index contributed by atoms with van der Waals surface area (Å²) in [4.78, 5) is 13.5. The third kappa shape index (κ3) is 5.31. The maximum Gasteiger partial charge on any atom is 0.411 e. The fourth-order valence-corrected chi connectivity index (χ4v) is 2.44. The van der Waals surface area contributed by atoms with Gasteiger partial charge in [-0.2, -0.15) is 0 Å². The Morgan fingerprint density at radius 3 is 2.23 bits per heavy atom. The first-order chi connectivity index (χ1) is 10.7. The number of hydrogen-bond donors (Lipinski definition) is 2. The van der Waals surface area contributed by atoms with Crippen molar-refractivity contribution in [3.8, 4) is 5.75 Å². The summed E-state index contributed by atoms with van der Waals surface area (Å²) in [6, 6.07) is 14.4. The third-order valence-corrected chi connectivity index (χ3v) is 3.71. The van der Waals surface area contributed by atoms with Gasteiger partial charge in [-0.05, 0) is 48.5 Å². The van der Waals surface area contributed by atoms with Gasteiger partial charge in [0.05, 0.1) is 6.61 Å². The van der Waals surface area contributed by atoms with Crippen molar-refractivity contribution < 1.29 is 19.4 Å². The molecular formula is C16H17NO4S. The average molecular weight is 319 g/mol. The van der Waals surface area contributed by atoms with Crippen LogP contribution in [0.5, 0.6) is 5.75 Å². The van der Waals surface area contributed by atoms with Crippen molar-refractivity contribution in [1.29, 1.82) is 0 Å². The predicted molar refractivity (Wildman–Crippen MR) is 85.5 cm³/mol. The highest BCUT2D eigenvalue weighted by Gasteiger charge is 2.03. The summed E-state index contributed by atoms with van der Waals surface area (Å²) in [5.41, 5.74) is 0.664. The SMILES string of the molecule is COCCOC(=O)Nc1ccc(Sc2ccc(O)cc2)cc1. The van der Waals surface area contributed by atoms with Gasteiger partial charge in [-0.25, -0.2) is 4.79 Å². The van der Waals surface area contributed by atoms with E-state index in [-0.39, 0.29) is 12.4 Å². The van der Waals surface area contributed by atoms with Crippen molar-refractivity contribution in [2.75, 3.05) is 25.6 Å². The lowest BCUT2D eigenvalue weighted by atomic mass is 10.3. The Morgan fingerprint density at radius 2 is 1.64 bits per heavy atom. The number of hydrogen-bond acceptors (Lipinski definition) is 5. The molecule has 0 aliphatic heterocycles. The molecule has 116 valence electrons. The molecule has 0 radical (unpaired) electrons. The minimum Gasteiger partial charge on any atom is -0.508 e. The van der Waals surface area contributed by atoms with Crippen LogP contribution in [0.2, 0.25) is 0 Å². The molecule has 0 saturated heterocycles. The maximum absolute atomic E-state index is 11.5. The van der Waals surface area contributed by atoms with Crippen molar-refractivity contribution in [1.82, 2.24) is 0 Å². The molecule has 6 heteroatoms. The molecule has 2 aromatic rings. The van der Waals surface area contributed by atoms with Crippen LogP contribution in [-0.4, -0.2) is 31.5 Å². The molecule has 0 aliphatic carbocycles. The van der Waals surface area contributed by atoms with Gasteiger partial charge in [0.1, 0.15) is 12.4 Å². The predicted octanol–water partition coefficient (Wildman–Crippen LogP) is 3.74. The molecule has 5 nitrogen and oxygen atoms in total. The van der Waals surface area contributed by atoms with Crippen LogP contribution in [0.25, 0.3) is 0 Å². The third-order valence-electron chi connectivity index (χ3n) is 2.69. The topological polar surface area (TPSA) is 67.8 Å². The van der Waals surface area contributed by atoms with Crippen LogP contribution in [0, 0.1) is 0 Å². The van der Waals surface area contributed by atoms with E-state index in [0.717, 1.165) is 9.79 Å². The maximum atomic E-state index is 11.5. The second-order valence-electron chi connectivity index (χ2n) is 4.37. The van der Waals surface area contributed by atoms with Gasteiger partial charge in [-0.1, -0.05) is 11.8 Å². The van der Waals surface area contributed by atoms with Crippen LogP contribution >= 0.6 is 11.8 Å². The number of phenols is 1. The Kier molecular flexibility index (Phi) is 6.12. The Hall–Kier alpha value is -2.18. The number of amides is 1. The van der Waals surface area contributed by atoms with E-state index in [1.165, 1.54) is 0 Å². The van der Waals surface area contributed by atoms with E-state index in [1.807, 2.05) is 24.3 Å². The Labute approximate surface area is 133 Å². The highest BCUT2D eigenvalue weighted by atomic mass is 32.2. The first-order valence-electron chi connectivity index (χ1n) is 6.67. The fraction of sp³-hybridized carbons (Fsp3) is 0.188. The van der Waals surface area contributed by atoms with Crippen LogP contribution in [-0.2, 0) is 9.47 Å². The number of rotatable bonds is 6.